The van der Waals surface area contributed by atoms with Crippen LogP contribution in [0.1, 0.15) is 43.5 Å². The van der Waals surface area contributed by atoms with E-state index >= 15 is 0 Å². The van der Waals surface area contributed by atoms with Gasteiger partial charge in [-0.1, -0.05) is 53.9 Å². The predicted molar refractivity (Wildman–Crippen MR) is 131 cm³/mol. The van der Waals surface area contributed by atoms with Crippen LogP contribution >= 0.6 is 11.6 Å². The molecule has 1 atom stereocenters. The van der Waals surface area contributed by atoms with E-state index in [1.54, 1.807) is 0 Å². The number of halogens is 1. The van der Waals surface area contributed by atoms with Crippen LogP contribution in [0.4, 0.5) is 0 Å². The van der Waals surface area contributed by atoms with Crippen LogP contribution in [0.5, 0.6) is 0 Å². The molecule has 0 radical (unpaired) electrons. The van der Waals surface area contributed by atoms with Gasteiger partial charge < -0.3 is 5.32 Å². The topological polar surface area (TPSA) is 24.9 Å². The average molecular weight is 427 g/mol. The first-order chi connectivity index (χ1) is 15.1. The fourth-order valence-corrected chi connectivity index (χ4v) is 3.56. The van der Waals surface area contributed by atoms with Gasteiger partial charge in [-0.3, -0.25) is 0 Å². The van der Waals surface area contributed by atoms with Crippen LogP contribution in [0.3, 0.4) is 0 Å². The SMILES string of the molecule is C/C(=C/[C@@H](C)NCC1CC1)c1ccc(C#Cc2ccc(-c3ccc(Cl)cc3)cn2)cc1. The maximum absolute atomic E-state index is 5.96. The molecule has 3 aromatic rings. The van der Waals surface area contributed by atoms with E-state index in [0.29, 0.717) is 6.04 Å². The zero-order valence-electron chi connectivity index (χ0n) is 18.0. The van der Waals surface area contributed by atoms with Crippen molar-refractivity contribution >= 4 is 17.2 Å². The molecule has 2 nitrogen and oxygen atoms in total. The molecule has 1 aromatic heterocycles. The molecular formula is C28H27ClN2. The molecule has 0 bridgehead atoms. The quantitative estimate of drug-likeness (QED) is 0.449. The molecule has 1 aliphatic carbocycles. The maximum Gasteiger partial charge on any atom is 0.113 e. The van der Waals surface area contributed by atoms with E-state index in [1.807, 2.05) is 42.6 Å². The number of hydrogen-bond acceptors (Lipinski definition) is 2. The van der Waals surface area contributed by atoms with Crippen molar-refractivity contribution in [1.82, 2.24) is 10.3 Å². The first-order valence-electron chi connectivity index (χ1n) is 10.8. The minimum absolute atomic E-state index is 0.391. The molecule has 1 heterocycles. The third kappa shape index (κ3) is 6.31. The number of allylic oxidation sites excluding steroid dienone is 1. The van der Waals surface area contributed by atoms with Gasteiger partial charge in [0.2, 0.25) is 0 Å². The highest BCUT2D eigenvalue weighted by Crippen LogP contribution is 2.27. The molecule has 1 N–H and O–H groups in total. The van der Waals surface area contributed by atoms with Crippen molar-refractivity contribution in [3.63, 3.8) is 0 Å². The molecule has 0 spiro atoms. The summed E-state index contributed by atoms with van der Waals surface area (Å²) >= 11 is 5.96. The molecule has 1 aliphatic rings. The number of pyridine rings is 1. The molecular weight excluding hydrogens is 400 g/mol. The second-order valence-electron chi connectivity index (χ2n) is 8.26. The Labute approximate surface area is 190 Å². The zero-order chi connectivity index (χ0) is 21.6. The largest absolute Gasteiger partial charge is 0.311 e. The Kier molecular flexibility index (Phi) is 6.87. The second kappa shape index (κ2) is 9.96. The lowest BCUT2D eigenvalue weighted by Gasteiger charge is -2.11. The van der Waals surface area contributed by atoms with Crippen LogP contribution in [0.15, 0.2) is 72.9 Å². The average Bonchev–Trinajstić information content (AvgIpc) is 3.62. The first-order valence-corrected chi connectivity index (χ1v) is 11.2. The van der Waals surface area contributed by atoms with Gasteiger partial charge in [0.05, 0.1) is 0 Å². The van der Waals surface area contributed by atoms with E-state index in [4.69, 9.17) is 11.6 Å². The van der Waals surface area contributed by atoms with Crippen molar-refractivity contribution in [2.24, 2.45) is 5.92 Å². The Bertz CT molecular complexity index is 1100. The normalized spacial score (nSPS) is 14.6. The highest BCUT2D eigenvalue weighted by Gasteiger charge is 2.20. The lowest BCUT2D eigenvalue weighted by atomic mass is 10.0. The molecule has 0 unspecified atom stereocenters. The number of nitrogens with one attached hydrogen (secondary N) is 1. The summed E-state index contributed by atoms with van der Waals surface area (Å²) in [6, 6.07) is 20.6. The summed E-state index contributed by atoms with van der Waals surface area (Å²) in [6.45, 7) is 5.52. The van der Waals surface area contributed by atoms with Crippen molar-refractivity contribution in [3.05, 3.63) is 94.8 Å². The minimum Gasteiger partial charge on any atom is -0.311 e. The summed E-state index contributed by atoms with van der Waals surface area (Å²) in [7, 11) is 0. The number of rotatable bonds is 6. The fraction of sp³-hybridized carbons (Fsp3) is 0.250. The van der Waals surface area contributed by atoms with Gasteiger partial charge in [-0.2, -0.15) is 0 Å². The van der Waals surface area contributed by atoms with Crippen molar-refractivity contribution in [1.29, 1.82) is 0 Å². The summed E-state index contributed by atoms with van der Waals surface area (Å²) in [5, 5.41) is 4.33. The number of benzene rings is 2. The zero-order valence-corrected chi connectivity index (χ0v) is 18.8. The summed E-state index contributed by atoms with van der Waals surface area (Å²) in [5.41, 5.74) is 6.40. The van der Waals surface area contributed by atoms with Crippen LogP contribution in [-0.4, -0.2) is 17.6 Å². The maximum atomic E-state index is 5.96. The molecule has 3 heteroatoms. The lowest BCUT2D eigenvalue weighted by Crippen LogP contribution is -2.26. The smallest absolute Gasteiger partial charge is 0.113 e. The lowest BCUT2D eigenvalue weighted by molar-refractivity contribution is 0.596. The predicted octanol–water partition coefficient (Wildman–Crippen LogP) is 6.59. The first kappa shape index (κ1) is 21.4. The van der Waals surface area contributed by atoms with Gasteiger partial charge >= 0.3 is 0 Å². The Hall–Kier alpha value is -2.86. The highest BCUT2D eigenvalue weighted by molar-refractivity contribution is 6.30. The summed E-state index contributed by atoms with van der Waals surface area (Å²) in [5.74, 6) is 7.27. The van der Waals surface area contributed by atoms with E-state index < -0.39 is 0 Å². The van der Waals surface area contributed by atoms with E-state index in [1.165, 1.54) is 24.0 Å². The Morgan fingerprint density at radius 2 is 1.74 bits per heavy atom. The second-order valence-corrected chi connectivity index (χ2v) is 8.69. The molecule has 31 heavy (non-hydrogen) atoms. The van der Waals surface area contributed by atoms with Gasteiger partial charge in [-0.15, -0.1) is 0 Å². The molecule has 1 fully saturated rings. The molecule has 4 rings (SSSR count). The molecule has 1 saturated carbocycles. The third-order valence-corrected chi connectivity index (χ3v) is 5.79. The molecule has 0 aliphatic heterocycles. The van der Waals surface area contributed by atoms with Crippen molar-refractivity contribution in [3.8, 4) is 23.0 Å². The van der Waals surface area contributed by atoms with Crippen molar-refractivity contribution in [2.75, 3.05) is 6.54 Å². The van der Waals surface area contributed by atoms with Gasteiger partial charge in [0, 0.05) is 28.4 Å². The number of nitrogens with zero attached hydrogens (tertiary/aromatic N) is 1. The fourth-order valence-electron chi connectivity index (χ4n) is 3.44. The Balaban J connectivity index is 1.38. The van der Waals surface area contributed by atoms with Crippen molar-refractivity contribution in [2.45, 2.75) is 32.7 Å². The van der Waals surface area contributed by atoms with Crippen LogP contribution in [-0.2, 0) is 0 Å². The Morgan fingerprint density at radius 1 is 1.03 bits per heavy atom. The van der Waals surface area contributed by atoms with Crippen LogP contribution < -0.4 is 5.32 Å². The van der Waals surface area contributed by atoms with Crippen LogP contribution in [0, 0.1) is 17.8 Å². The minimum atomic E-state index is 0.391. The van der Waals surface area contributed by atoms with E-state index in [-0.39, 0.29) is 0 Å². The number of aromatic nitrogens is 1. The van der Waals surface area contributed by atoms with Gasteiger partial charge in [-0.25, -0.2) is 4.98 Å². The molecule has 0 amide bonds. The van der Waals surface area contributed by atoms with Gasteiger partial charge in [0.15, 0.2) is 0 Å². The third-order valence-electron chi connectivity index (χ3n) is 5.54. The Morgan fingerprint density at radius 3 is 2.39 bits per heavy atom. The van der Waals surface area contributed by atoms with E-state index in [0.717, 1.165) is 39.9 Å². The summed E-state index contributed by atoms with van der Waals surface area (Å²) in [4.78, 5) is 4.48. The molecule has 156 valence electrons. The van der Waals surface area contributed by atoms with Crippen LogP contribution in [0.25, 0.3) is 16.7 Å². The summed E-state index contributed by atoms with van der Waals surface area (Å²) in [6.07, 6.45) is 6.91. The van der Waals surface area contributed by atoms with E-state index in [2.05, 4.69) is 66.3 Å². The monoisotopic (exact) mass is 426 g/mol. The van der Waals surface area contributed by atoms with Gasteiger partial charge in [-0.05, 0) is 92.1 Å². The number of hydrogen-bond donors (Lipinski definition) is 1. The molecule has 2 aromatic carbocycles. The summed E-state index contributed by atoms with van der Waals surface area (Å²) < 4.78 is 0. The molecule has 0 saturated heterocycles. The van der Waals surface area contributed by atoms with E-state index in [9.17, 15) is 0 Å². The van der Waals surface area contributed by atoms with Gasteiger partial charge in [0.1, 0.15) is 5.69 Å². The highest BCUT2D eigenvalue weighted by atomic mass is 35.5. The van der Waals surface area contributed by atoms with Crippen LogP contribution in [0.2, 0.25) is 5.02 Å². The van der Waals surface area contributed by atoms with Crippen molar-refractivity contribution < 1.29 is 0 Å². The van der Waals surface area contributed by atoms with Gasteiger partial charge in [0.25, 0.3) is 0 Å². The standard InChI is InChI=1S/C28H27ClN2/c1-20(17-21(2)30-18-23-3-4-23)24-8-5-22(6-9-24)7-15-28-16-12-26(19-31-28)25-10-13-27(29)14-11-25/h5-6,8-14,16-17,19,21,23,30H,3-4,18H2,1-2H3/b20-17-/t21-/m1/s1.